The monoisotopic (exact) mass is 253 g/mol. The van der Waals surface area contributed by atoms with Crippen molar-refractivity contribution in [2.24, 2.45) is 5.41 Å². The fourth-order valence-corrected chi connectivity index (χ4v) is 1.40. The van der Waals surface area contributed by atoms with E-state index in [1.807, 2.05) is 20.8 Å². The van der Waals surface area contributed by atoms with Gasteiger partial charge in [0.05, 0.1) is 11.7 Å². The van der Waals surface area contributed by atoms with E-state index in [1.165, 1.54) is 12.1 Å². The normalized spacial score (nSPS) is 13.2. The molecule has 1 unspecified atom stereocenters. The number of aryl methyl sites for hydroxylation is 1. The summed E-state index contributed by atoms with van der Waals surface area (Å²) in [5.41, 5.74) is 0.507. The summed E-state index contributed by atoms with van der Waals surface area (Å²) < 4.78 is 13.5. The predicted molar refractivity (Wildman–Crippen MR) is 68.9 cm³/mol. The Labute approximate surface area is 107 Å². The number of carbonyl (C=O) groups is 1. The van der Waals surface area contributed by atoms with Crippen molar-refractivity contribution < 1.29 is 14.3 Å². The van der Waals surface area contributed by atoms with Gasteiger partial charge in [0, 0.05) is 6.54 Å². The minimum absolute atomic E-state index is 0.0103. The van der Waals surface area contributed by atoms with Crippen LogP contribution in [0.2, 0.25) is 0 Å². The van der Waals surface area contributed by atoms with E-state index in [0.29, 0.717) is 0 Å². The Hall–Kier alpha value is -1.42. The number of amides is 1. The largest absolute Gasteiger partial charge is 0.391 e. The number of nitrogens with one attached hydrogen (secondary N) is 1. The maximum absolute atomic E-state index is 13.5. The standard InChI is InChI=1S/C14H20FNO2/c1-9-5-6-11(15)10(7-9)13(18)16-8-12(17)14(2,3)4/h5-7,12,17H,8H2,1-4H3,(H,16,18). The van der Waals surface area contributed by atoms with Crippen LogP contribution in [-0.2, 0) is 0 Å². The average molecular weight is 253 g/mol. The smallest absolute Gasteiger partial charge is 0.254 e. The Kier molecular flexibility index (Phi) is 4.46. The van der Waals surface area contributed by atoms with Gasteiger partial charge >= 0.3 is 0 Å². The van der Waals surface area contributed by atoms with E-state index in [-0.39, 0.29) is 17.5 Å². The number of hydrogen-bond acceptors (Lipinski definition) is 2. The lowest BCUT2D eigenvalue weighted by Gasteiger charge is -2.25. The fourth-order valence-electron chi connectivity index (χ4n) is 1.40. The first-order valence-corrected chi connectivity index (χ1v) is 5.94. The Morgan fingerprint density at radius 3 is 2.61 bits per heavy atom. The summed E-state index contributed by atoms with van der Waals surface area (Å²) in [6, 6.07) is 4.37. The second-order valence-electron chi connectivity index (χ2n) is 5.58. The van der Waals surface area contributed by atoms with Crippen LogP contribution < -0.4 is 5.32 Å². The van der Waals surface area contributed by atoms with Crippen molar-refractivity contribution in [2.45, 2.75) is 33.8 Å². The third-order valence-corrected chi connectivity index (χ3v) is 2.82. The molecule has 0 fully saturated rings. The summed E-state index contributed by atoms with van der Waals surface area (Å²) in [6.45, 7) is 7.52. The lowest BCUT2D eigenvalue weighted by Crippen LogP contribution is -2.39. The molecule has 18 heavy (non-hydrogen) atoms. The molecule has 2 N–H and O–H groups in total. The topological polar surface area (TPSA) is 49.3 Å². The van der Waals surface area contributed by atoms with Gasteiger partial charge in [-0.05, 0) is 24.5 Å². The van der Waals surface area contributed by atoms with Crippen LogP contribution in [0.15, 0.2) is 18.2 Å². The van der Waals surface area contributed by atoms with Crippen molar-refractivity contribution >= 4 is 5.91 Å². The predicted octanol–water partition coefficient (Wildman–Crippen LogP) is 2.27. The quantitative estimate of drug-likeness (QED) is 0.868. The number of halogens is 1. The Morgan fingerprint density at radius 1 is 1.44 bits per heavy atom. The first-order valence-electron chi connectivity index (χ1n) is 5.94. The van der Waals surface area contributed by atoms with Crippen molar-refractivity contribution in [1.29, 1.82) is 0 Å². The van der Waals surface area contributed by atoms with Gasteiger partial charge in [-0.25, -0.2) is 4.39 Å². The van der Waals surface area contributed by atoms with Crippen LogP contribution >= 0.6 is 0 Å². The molecule has 0 saturated heterocycles. The molecular weight excluding hydrogens is 233 g/mol. The molecule has 0 saturated carbocycles. The van der Waals surface area contributed by atoms with E-state index in [0.717, 1.165) is 5.56 Å². The van der Waals surface area contributed by atoms with Crippen molar-refractivity contribution in [1.82, 2.24) is 5.32 Å². The van der Waals surface area contributed by atoms with Gasteiger partial charge in [0.25, 0.3) is 5.91 Å². The zero-order chi connectivity index (χ0) is 13.9. The van der Waals surface area contributed by atoms with Gasteiger partial charge in [0.1, 0.15) is 5.82 Å². The van der Waals surface area contributed by atoms with Gasteiger partial charge in [-0.3, -0.25) is 4.79 Å². The molecule has 0 spiro atoms. The molecule has 0 aliphatic heterocycles. The molecule has 1 atom stereocenters. The maximum Gasteiger partial charge on any atom is 0.254 e. The highest BCUT2D eigenvalue weighted by Gasteiger charge is 2.23. The number of aliphatic hydroxyl groups is 1. The molecule has 1 rings (SSSR count). The van der Waals surface area contributed by atoms with Gasteiger partial charge < -0.3 is 10.4 Å². The van der Waals surface area contributed by atoms with Crippen LogP contribution in [-0.4, -0.2) is 23.7 Å². The van der Waals surface area contributed by atoms with Crippen molar-refractivity contribution in [3.05, 3.63) is 35.1 Å². The molecule has 3 nitrogen and oxygen atoms in total. The van der Waals surface area contributed by atoms with E-state index in [9.17, 15) is 14.3 Å². The second kappa shape index (κ2) is 5.48. The molecule has 0 radical (unpaired) electrons. The van der Waals surface area contributed by atoms with Crippen molar-refractivity contribution in [2.75, 3.05) is 6.54 Å². The van der Waals surface area contributed by atoms with Gasteiger partial charge in [0.2, 0.25) is 0 Å². The molecule has 0 heterocycles. The molecule has 1 amide bonds. The Balaban J connectivity index is 2.69. The van der Waals surface area contributed by atoms with Crippen LogP contribution in [0.25, 0.3) is 0 Å². The van der Waals surface area contributed by atoms with E-state index in [2.05, 4.69) is 5.32 Å². The van der Waals surface area contributed by atoms with Gasteiger partial charge in [-0.1, -0.05) is 32.4 Å². The maximum atomic E-state index is 13.5. The summed E-state index contributed by atoms with van der Waals surface area (Å²) in [5, 5.41) is 12.3. The third kappa shape index (κ3) is 3.81. The van der Waals surface area contributed by atoms with E-state index >= 15 is 0 Å². The number of carbonyl (C=O) groups excluding carboxylic acids is 1. The first-order chi connectivity index (χ1) is 8.21. The minimum Gasteiger partial charge on any atom is -0.391 e. The van der Waals surface area contributed by atoms with E-state index in [4.69, 9.17) is 0 Å². The van der Waals surface area contributed by atoms with Crippen LogP contribution in [0.4, 0.5) is 4.39 Å². The highest BCUT2D eigenvalue weighted by molar-refractivity contribution is 5.94. The number of hydrogen-bond donors (Lipinski definition) is 2. The molecule has 0 bridgehead atoms. The molecule has 1 aromatic carbocycles. The molecular formula is C14H20FNO2. The number of rotatable bonds is 3. The van der Waals surface area contributed by atoms with Crippen LogP contribution in [0.1, 0.15) is 36.7 Å². The lowest BCUT2D eigenvalue weighted by molar-refractivity contribution is 0.0585. The lowest BCUT2D eigenvalue weighted by atomic mass is 9.89. The van der Waals surface area contributed by atoms with E-state index < -0.39 is 17.8 Å². The van der Waals surface area contributed by atoms with Gasteiger partial charge in [-0.2, -0.15) is 0 Å². The summed E-state index contributed by atoms with van der Waals surface area (Å²) in [7, 11) is 0. The summed E-state index contributed by atoms with van der Waals surface area (Å²) in [6.07, 6.45) is -0.672. The van der Waals surface area contributed by atoms with Crippen LogP contribution in [0, 0.1) is 18.2 Å². The number of benzene rings is 1. The zero-order valence-corrected chi connectivity index (χ0v) is 11.2. The number of aliphatic hydroxyl groups excluding tert-OH is 1. The molecule has 4 heteroatoms. The highest BCUT2D eigenvalue weighted by Crippen LogP contribution is 2.18. The minimum atomic E-state index is -0.672. The highest BCUT2D eigenvalue weighted by atomic mass is 19.1. The summed E-state index contributed by atoms with van der Waals surface area (Å²) >= 11 is 0. The van der Waals surface area contributed by atoms with Crippen molar-refractivity contribution in [3.63, 3.8) is 0 Å². The fraction of sp³-hybridized carbons (Fsp3) is 0.500. The molecule has 100 valence electrons. The zero-order valence-electron chi connectivity index (χ0n) is 11.2. The Morgan fingerprint density at radius 2 is 2.06 bits per heavy atom. The molecule has 0 aliphatic carbocycles. The summed E-state index contributed by atoms with van der Waals surface area (Å²) in [4.78, 5) is 11.8. The molecule has 1 aromatic rings. The first kappa shape index (κ1) is 14.6. The Bertz CT molecular complexity index is 438. The third-order valence-electron chi connectivity index (χ3n) is 2.82. The average Bonchev–Trinajstić information content (AvgIpc) is 2.27. The van der Waals surface area contributed by atoms with Crippen LogP contribution in [0.5, 0.6) is 0 Å². The van der Waals surface area contributed by atoms with Crippen LogP contribution in [0.3, 0.4) is 0 Å². The van der Waals surface area contributed by atoms with Crippen molar-refractivity contribution in [3.8, 4) is 0 Å². The van der Waals surface area contributed by atoms with Gasteiger partial charge in [0.15, 0.2) is 0 Å². The summed E-state index contributed by atoms with van der Waals surface area (Å²) in [5.74, 6) is -1.05. The molecule has 0 aliphatic rings. The second-order valence-corrected chi connectivity index (χ2v) is 5.58. The SMILES string of the molecule is Cc1ccc(F)c(C(=O)NCC(O)C(C)(C)C)c1. The van der Waals surface area contributed by atoms with Gasteiger partial charge in [-0.15, -0.1) is 0 Å². The van der Waals surface area contributed by atoms with E-state index in [1.54, 1.807) is 13.0 Å². The molecule has 0 aromatic heterocycles.